The van der Waals surface area contributed by atoms with Crippen LogP contribution in [0.4, 0.5) is 4.79 Å². The SMILES string of the molecule is CC(S)N(C(=O)[O-])C(C)S.[Na+]. The molecule has 11 heavy (non-hydrogen) atoms. The van der Waals surface area contributed by atoms with Gasteiger partial charge in [-0.05, 0) is 13.8 Å². The van der Waals surface area contributed by atoms with Crippen LogP contribution in [0.5, 0.6) is 0 Å². The Morgan fingerprint density at radius 2 is 1.64 bits per heavy atom. The molecule has 0 aliphatic carbocycles. The summed E-state index contributed by atoms with van der Waals surface area (Å²) in [5.41, 5.74) is 0. The number of amides is 1. The minimum atomic E-state index is -1.25. The third kappa shape index (κ3) is 5.25. The van der Waals surface area contributed by atoms with E-state index in [1.807, 2.05) is 0 Å². The van der Waals surface area contributed by atoms with E-state index >= 15 is 0 Å². The minimum absolute atomic E-state index is 0. The molecule has 0 heterocycles. The van der Waals surface area contributed by atoms with Crippen LogP contribution < -0.4 is 34.7 Å². The quantitative estimate of drug-likeness (QED) is 0.289. The molecule has 0 saturated heterocycles. The number of carboxylic acid groups (broad SMARTS) is 1. The van der Waals surface area contributed by atoms with E-state index < -0.39 is 6.09 Å². The monoisotopic (exact) mass is 203 g/mol. The van der Waals surface area contributed by atoms with Gasteiger partial charge in [0, 0.05) is 0 Å². The van der Waals surface area contributed by atoms with Gasteiger partial charge in [0.15, 0.2) is 0 Å². The summed E-state index contributed by atoms with van der Waals surface area (Å²) in [5.74, 6) is 0. The van der Waals surface area contributed by atoms with Crippen LogP contribution in [0.1, 0.15) is 13.8 Å². The molecule has 60 valence electrons. The van der Waals surface area contributed by atoms with Gasteiger partial charge in [0.05, 0.1) is 10.7 Å². The van der Waals surface area contributed by atoms with E-state index in [4.69, 9.17) is 0 Å². The van der Waals surface area contributed by atoms with Gasteiger partial charge in [-0.25, -0.2) is 0 Å². The summed E-state index contributed by atoms with van der Waals surface area (Å²) in [6.45, 7) is 3.29. The Morgan fingerprint density at radius 3 is 1.64 bits per heavy atom. The van der Waals surface area contributed by atoms with Crippen molar-refractivity contribution in [1.29, 1.82) is 0 Å². The van der Waals surface area contributed by atoms with E-state index in [1.54, 1.807) is 13.8 Å². The van der Waals surface area contributed by atoms with E-state index in [0.717, 1.165) is 4.90 Å². The molecule has 2 atom stereocenters. The van der Waals surface area contributed by atoms with Crippen molar-refractivity contribution in [3.8, 4) is 0 Å². The Kier molecular flexibility index (Phi) is 8.54. The van der Waals surface area contributed by atoms with Gasteiger partial charge < -0.3 is 14.8 Å². The molecule has 0 aromatic rings. The number of hydrogen-bond donors (Lipinski definition) is 2. The predicted molar refractivity (Wildman–Crippen MR) is 44.1 cm³/mol. The number of rotatable bonds is 2. The third-order valence-corrected chi connectivity index (χ3v) is 1.51. The van der Waals surface area contributed by atoms with Crippen molar-refractivity contribution >= 4 is 31.4 Å². The smallest absolute Gasteiger partial charge is 0.530 e. The van der Waals surface area contributed by atoms with Crippen molar-refractivity contribution in [1.82, 2.24) is 4.90 Å². The average Bonchev–Trinajstić information content (AvgIpc) is 1.59. The zero-order valence-electron chi connectivity index (χ0n) is 6.81. The van der Waals surface area contributed by atoms with Gasteiger partial charge in [0.25, 0.3) is 0 Å². The first kappa shape index (κ1) is 14.5. The largest absolute Gasteiger partial charge is 1.00 e. The predicted octanol–water partition coefficient (Wildman–Crippen LogP) is -2.81. The van der Waals surface area contributed by atoms with Gasteiger partial charge in [-0.3, -0.25) is 0 Å². The first-order valence-electron chi connectivity index (χ1n) is 2.82. The van der Waals surface area contributed by atoms with E-state index in [0.29, 0.717) is 0 Å². The van der Waals surface area contributed by atoms with Crippen molar-refractivity contribution in [2.45, 2.75) is 24.6 Å². The second kappa shape index (κ2) is 6.48. The Labute approximate surface area is 99.6 Å². The second-order valence-electron chi connectivity index (χ2n) is 1.94. The molecule has 0 spiro atoms. The van der Waals surface area contributed by atoms with Gasteiger partial charge in [-0.2, -0.15) is 25.3 Å². The normalized spacial score (nSPS) is 14.5. The molecule has 6 heteroatoms. The zero-order valence-corrected chi connectivity index (χ0v) is 10.6. The van der Waals surface area contributed by atoms with Gasteiger partial charge in [0.2, 0.25) is 0 Å². The topological polar surface area (TPSA) is 43.4 Å². The molecule has 0 rings (SSSR count). The van der Waals surface area contributed by atoms with E-state index in [1.165, 1.54) is 0 Å². The summed E-state index contributed by atoms with van der Waals surface area (Å²) in [6, 6.07) is 0. The van der Waals surface area contributed by atoms with Gasteiger partial charge >= 0.3 is 29.6 Å². The molecule has 0 radical (unpaired) electrons. The first-order chi connectivity index (χ1) is 4.46. The summed E-state index contributed by atoms with van der Waals surface area (Å²) in [5, 5.41) is 9.54. The van der Waals surface area contributed by atoms with Crippen LogP contribution in [0.15, 0.2) is 0 Å². The van der Waals surface area contributed by atoms with Gasteiger partial charge in [-0.1, -0.05) is 0 Å². The van der Waals surface area contributed by atoms with Crippen LogP contribution in [0, 0.1) is 0 Å². The summed E-state index contributed by atoms with van der Waals surface area (Å²) in [7, 11) is 0. The maximum absolute atomic E-state index is 10.3. The zero-order chi connectivity index (χ0) is 8.31. The number of nitrogens with zero attached hydrogens (tertiary/aromatic N) is 1. The summed E-state index contributed by atoms with van der Waals surface area (Å²) >= 11 is 7.86. The fourth-order valence-corrected chi connectivity index (χ4v) is 1.31. The van der Waals surface area contributed by atoms with E-state index in [2.05, 4.69) is 25.3 Å². The van der Waals surface area contributed by atoms with Crippen molar-refractivity contribution in [2.24, 2.45) is 0 Å². The van der Waals surface area contributed by atoms with Crippen LogP contribution in [-0.2, 0) is 0 Å². The van der Waals surface area contributed by atoms with Crippen molar-refractivity contribution < 1.29 is 39.5 Å². The number of thiol groups is 2. The molecule has 0 aromatic carbocycles. The Balaban J connectivity index is 0. The minimum Gasteiger partial charge on any atom is -0.530 e. The fourth-order valence-electron chi connectivity index (χ4n) is 0.617. The number of hydrogen-bond acceptors (Lipinski definition) is 4. The Hall–Kier alpha value is 0.970. The van der Waals surface area contributed by atoms with Gasteiger partial charge in [0.1, 0.15) is 6.09 Å². The van der Waals surface area contributed by atoms with E-state index in [-0.39, 0.29) is 40.3 Å². The molecule has 0 fully saturated rings. The molecular weight excluding hydrogens is 193 g/mol. The Bertz CT molecular complexity index is 124. The third-order valence-electron chi connectivity index (χ3n) is 1.02. The summed E-state index contributed by atoms with van der Waals surface area (Å²) in [6.07, 6.45) is -1.25. The van der Waals surface area contributed by atoms with Crippen LogP contribution >= 0.6 is 25.3 Å². The molecule has 0 aliphatic rings. The second-order valence-corrected chi connectivity index (χ2v) is 3.43. The maximum atomic E-state index is 10.3. The molecule has 0 saturated carbocycles. The van der Waals surface area contributed by atoms with Crippen molar-refractivity contribution in [3.05, 3.63) is 0 Å². The van der Waals surface area contributed by atoms with Crippen LogP contribution in [-0.4, -0.2) is 21.7 Å². The Morgan fingerprint density at radius 1 is 1.36 bits per heavy atom. The fraction of sp³-hybridized carbons (Fsp3) is 0.800. The molecule has 0 aromatic heterocycles. The molecular formula is C5H10NNaO2S2. The molecule has 1 amide bonds. The molecule has 0 N–H and O–H groups in total. The standard InChI is InChI=1S/C5H11NO2S2.Na/c1-3(9)6(4(2)10)5(7)8;/h3-4,9-10H,1-2H3,(H,7,8);/q;+1/p-1. The van der Waals surface area contributed by atoms with Crippen LogP contribution in [0.3, 0.4) is 0 Å². The summed E-state index contributed by atoms with van der Waals surface area (Å²) in [4.78, 5) is 11.3. The molecule has 0 bridgehead atoms. The molecule has 3 nitrogen and oxygen atoms in total. The van der Waals surface area contributed by atoms with E-state index in [9.17, 15) is 9.90 Å². The van der Waals surface area contributed by atoms with Crippen molar-refractivity contribution in [3.63, 3.8) is 0 Å². The van der Waals surface area contributed by atoms with Crippen LogP contribution in [0.2, 0.25) is 0 Å². The number of carbonyl (C=O) groups excluding carboxylic acids is 1. The summed E-state index contributed by atoms with van der Waals surface area (Å²) < 4.78 is 0. The van der Waals surface area contributed by atoms with Crippen LogP contribution in [0.25, 0.3) is 0 Å². The van der Waals surface area contributed by atoms with Gasteiger partial charge in [-0.15, -0.1) is 0 Å². The number of carbonyl (C=O) groups is 1. The maximum Gasteiger partial charge on any atom is 1.00 e. The average molecular weight is 203 g/mol. The van der Waals surface area contributed by atoms with Crippen molar-refractivity contribution in [2.75, 3.05) is 0 Å². The molecule has 0 aliphatic heterocycles. The first-order valence-corrected chi connectivity index (χ1v) is 3.85. The molecule has 2 unspecified atom stereocenters.